The Bertz CT molecular complexity index is 20.0. The van der Waals surface area contributed by atoms with Crippen LogP contribution in [0.3, 0.4) is 0 Å². The maximum absolute atomic E-state index is 8.88. The van der Waals surface area contributed by atoms with E-state index >= 15 is 0 Å². The number of carbonyl (C=O) groups excluding carboxylic acids is 1. The second kappa shape index (κ2) is 2.47. The van der Waals surface area contributed by atoms with Crippen molar-refractivity contribution < 1.29 is 4.79 Å². The molecule has 0 bridgehead atoms. The summed E-state index contributed by atoms with van der Waals surface area (Å²) in [5.41, 5.74) is 0. The summed E-state index contributed by atoms with van der Waals surface area (Å²) in [6.45, 7) is 0. The van der Waals surface area contributed by atoms with Gasteiger partial charge >= 0.3 is 6.41 Å². The molecule has 0 aromatic heterocycles. The molecule has 0 aliphatic rings. The first-order chi connectivity index (χ1) is 1.91. The standard InChI is InChI=1S/C2H3NO/c1-3-2-4/h1H2,(H,3,4). The van der Waals surface area contributed by atoms with Gasteiger partial charge in [-0.15, -0.1) is 0 Å². The van der Waals surface area contributed by atoms with Crippen molar-refractivity contribution in [1.82, 2.24) is 5.32 Å². The molecule has 0 fully saturated rings. The summed E-state index contributed by atoms with van der Waals surface area (Å²) in [5, 5.41) is 1.88. The minimum absolute atomic E-state index is 1.32. The molecule has 2 heteroatoms. The average Bonchev–Trinajstić information content (AvgIpc) is 1.37. The zero-order valence-electron chi connectivity index (χ0n) is 2.12. The molecule has 0 aliphatic heterocycles. The van der Waals surface area contributed by atoms with Crippen molar-refractivity contribution in [1.29, 1.82) is 0 Å². The van der Waals surface area contributed by atoms with Gasteiger partial charge in [-0.25, -0.2) is 0 Å². The molecule has 0 aromatic carbocycles. The monoisotopic (exact) mass is 57.0 g/mol. The van der Waals surface area contributed by atoms with E-state index in [1.165, 1.54) is 6.41 Å². The summed E-state index contributed by atoms with van der Waals surface area (Å²) in [5.74, 6) is 0. The number of amides is 1. The number of hydrogen-bond donors (Lipinski definition) is 1. The van der Waals surface area contributed by atoms with E-state index in [9.17, 15) is 0 Å². The Morgan fingerprint density at radius 1 is 2.00 bits per heavy atom. The predicted molar refractivity (Wildman–Crippen MR) is 14.2 cm³/mol. The van der Waals surface area contributed by atoms with Crippen LogP contribution in [0, 0.1) is 7.05 Å². The molecule has 0 atom stereocenters. The SMILES string of the molecule is [CH2]N[C]=O. The molecule has 0 spiro atoms. The molecule has 4 heavy (non-hydrogen) atoms. The highest BCUT2D eigenvalue weighted by molar-refractivity contribution is 5.46. The Morgan fingerprint density at radius 2 is 2.25 bits per heavy atom. The lowest BCUT2D eigenvalue weighted by molar-refractivity contribution is 0.550. The van der Waals surface area contributed by atoms with Crippen molar-refractivity contribution in [3.8, 4) is 0 Å². The van der Waals surface area contributed by atoms with Crippen LogP contribution in [0.4, 0.5) is 0 Å². The molecule has 2 nitrogen and oxygen atoms in total. The molecule has 0 rings (SSSR count). The third kappa shape index (κ3) is 1.47. The molecule has 1 N–H and O–H groups in total. The van der Waals surface area contributed by atoms with E-state index in [2.05, 4.69) is 7.05 Å². The zero-order chi connectivity index (χ0) is 3.41. The number of nitrogens with one attached hydrogen (secondary N) is 1. The van der Waals surface area contributed by atoms with Crippen LogP contribution in [-0.2, 0) is 4.79 Å². The Kier molecular flexibility index (Phi) is 2.14. The van der Waals surface area contributed by atoms with E-state index in [-0.39, 0.29) is 0 Å². The maximum Gasteiger partial charge on any atom is 0.309 e. The van der Waals surface area contributed by atoms with Crippen LogP contribution in [0.15, 0.2) is 0 Å². The Labute approximate surface area is 24.8 Å². The van der Waals surface area contributed by atoms with Gasteiger partial charge in [0.2, 0.25) is 0 Å². The largest absolute Gasteiger partial charge is 0.346 e. The van der Waals surface area contributed by atoms with Crippen molar-refractivity contribution in [3.63, 3.8) is 0 Å². The highest BCUT2D eigenvalue weighted by Gasteiger charge is 1.48. The molecule has 0 heterocycles. The van der Waals surface area contributed by atoms with E-state index in [1.807, 2.05) is 5.32 Å². The Hall–Kier alpha value is -0.530. The van der Waals surface area contributed by atoms with Crippen molar-refractivity contribution in [3.05, 3.63) is 7.05 Å². The first kappa shape index (κ1) is 3.47. The fraction of sp³-hybridized carbons (Fsp3) is 0. The van der Waals surface area contributed by atoms with Gasteiger partial charge in [-0.1, -0.05) is 0 Å². The van der Waals surface area contributed by atoms with Gasteiger partial charge in [-0.3, -0.25) is 4.79 Å². The minimum atomic E-state index is 1.32. The molecule has 0 saturated heterocycles. The van der Waals surface area contributed by atoms with Crippen molar-refractivity contribution in [2.45, 2.75) is 0 Å². The van der Waals surface area contributed by atoms with Gasteiger partial charge in [0.25, 0.3) is 0 Å². The molecule has 0 aliphatic carbocycles. The van der Waals surface area contributed by atoms with Crippen LogP contribution < -0.4 is 5.32 Å². The minimum Gasteiger partial charge on any atom is -0.346 e. The normalized spacial score (nSPS) is 5.25. The Morgan fingerprint density at radius 3 is 2.25 bits per heavy atom. The van der Waals surface area contributed by atoms with Crippen LogP contribution in [0.5, 0.6) is 0 Å². The molecule has 2 radical (unpaired) electrons. The van der Waals surface area contributed by atoms with E-state index < -0.39 is 0 Å². The van der Waals surface area contributed by atoms with Crippen molar-refractivity contribution in [2.24, 2.45) is 0 Å². The molecule has 0 unspecified atom stereocenters. The summed E-state index contributed by atoms with van der Waals surface area (Å²) in [7, 11) is 2.93. The third-order valence-corrected chi connectivity index (χ3v) is 0.0722. The molecule has 1 amide bonds. The fourth-order valence-corrected chi connectivity index (χ4v) is 0. The van der Waals surface area contributed by atoms with E-state index in [0.29, 0.717) is 0 Å². The van der Waals surface area contributed by atoms with Gasteiger partial charge in [-0.2, -0.15) is 0 Å². The van der Waals surface area contributed by atoms with E-state index in [0.717, 1.165) is 0 Å². The van der Waals surface area contributed by atoms with E-state index in [4.69, 9.17) is 4.79 Å². The highest BCUT2D eigenvalue weighted by atomic mass is 16.1. The van der Waals surface area contributed by atoms with Gasteiger partial charge in [0, 0.05) is 7.05 Å². The Balaban J connectivity index is 2.30. The third-order valence-electron chi connectivity index (χ3n) is 0.0722. The lowest BCUT2D eigenvalue weighted by atomic mass is 11.2. The van der Waals surface area contributed by atoms with Gasteiger partial charge in [-0.05, 0) is 0 Å². The second-order valence-corrected chi connectivity index (χ2v) is 0.279. The molecular weight excluding hydrogens is 54.0 g/mol. The first-order valence-electron chi connectivity index (χ1n) is 0.808. The van der Waals surface area contributed by atoms with E-state index in [1.54, 1.807) is 0 Å². The maximum atomic E-state index is 8.88. The van der Waals surface area contributed by atoms with Crippen LogP contribution in [0.25, 0.3) is 0 Å². The van der Waals surface area contributed by atoms with Gasteiger partial charge in [0.05, 0.1) is 0 Å². The molecule has 22 valence electrons. The summed E-state index contributed by atoms with van der Waals surface area (Å²) in [6, 6.07) is 0. The summed E-state index contributed by atoms with van der Waals surface area (Å²) in [6.07, 6.45) is 1.32. The fourth-order valence-electron chi connectivity index (χ4n) is 0. The van der Waals surface area contributed by atoms with Crippen LogP contribution in [-0.4, -0.2) is 6.41 Å². The van der Waals surface area contributed by atoms with Gasteiger partial charge in [0.15, 0.2) is 0 Å². The van der Waals surface area contributed by atoms with Crippen molar-refractivity contribution >= 4 is 6.41 Å². The summed E-state index contributed by atoms with van der Waals surface area (Å²) in [4.78, 5) is 8.88. The van der Waals surface area contributed by atoms with Crippen LogP contribution in [0.1, 0.15) is 0 Å². The number of rotatable bonds is 1. The second-order valence-electron chi connectivity index (χ2n) is 0.279. The van der Waals surface area contributed by atoms with Crippen LogP contribution in [0.2, 0.25) is 0 Å². The first-order valence-corrected chi connectivity index (χ1v) is 0.808. The quantitative estimate of drug-likeness (QED) is 0.401. The molecule has 0 aromatic rings. The van der Waals surface area contributed by atoms with Crippen molar-refractivity contribution in [2.75, 3.05) is 0 Å². The molecular formula is C2H3NO. The average molecular weight is 57.1 g/mol. The van der Waals surface area contributed by atoms with Gasteiger partial charge < -0.3 is 5.32 Å². The lowest BCUT2D eigenvalue weighted by Crippen LogP contribution is -1.93. The zero-order valence-corrected chi connectivity index (χ0v) is 2.12. The number of hydrogen-bond acceptors (Lipinski definition) is 1. The summed E-state index contributed by atoms with van der Waals surface area (Å²) < 4.78 is 0. The lowest BCUT2D eigenvalue weighted by Gasteiger charge is -1.60. The van der Waals surface area contributed by atoms with Crippen LogP contribution >= 0.6 is 0 Å². The highest BCUT2D eigenvalue weighted by Crippen LogP contribution is 1.17. The molecule has 0 saturated carbocycles. The van der Waals surface area contributed by atoms with Gasteiger partial charge in [0.1, 0.15) is 0 Å². The topological polar surface area (TPSA) is 29.1 Å². The predicted octanol–water partition coefficient (Wildman–Crippen LogP) is -0.565. The summed E-state index contributed by atoms with van der Waals surface area (Å²) >= 11 is 0. The smallest absolute Gasteiger partial charge is 0.309 e.